The van der Waals surface area contributed by atoms with Gasteiger partial charge >= 0.3 is 0 Å². The third-order valence-electron chi connectivity index (χ3n) is 6.89. The molecule has 0 spiro atoms. The van der Waals surface area contributed by atoms with Crippen molar-refractivity contribution in [2.75, 3.05) is 51.5 Å². The number of hydrogen-bond acceptors (Lipinski definition) is 6. The van der Waals surface area contributed by atoms with Crippen molar-refractivity contribution in [2.45, 2.75) is 17.7 Å². The lowest BCUT2D eigenvalue weighted by Crippen LogP contribution is -2.50. The maximum atomic E-state index is 13.5. The highest BCUT2D eigenvalue weighted by molar-refractivity contribution is 7.89. The lowest BCUT2D eigenvalue weighted by molar-refractivity contribution is 0.0228. The molecule has 1 fully saturated rings. The van der Waals surface area contributed by atoms with Crippen LogP contribution in [0.2, 0.25) is 0 Å². The molecule has 0 saturated carbocycles. The van der Waals surface area contributed by atoms with Gasteiger partial charge in [0.05, 0.1) is 44.3 Å². The van der Waals surface area contributed by atoms with E-state index >= 15 is 0 Å². The second kappa shape index (κ2) is 9.81. The molecule has 2 atom stereocenters. The first-order valence-electron chi connectivity index (χ1n) is 11.6. The van der Waals surface area contributed by atoms with E-state index in [4.69, 9.17) is 4.74 Å². The van der Waals surface area contributed by atoms with Crippen molar-refractivity contribution < 1.29 is 18.8 Å². The topological polar surface area (TPSA) is 59.4 Å². The summed E-state index contributed by atoms with van der Waals surface area (Å²) in [5.74, 6) is -0.243. The SMILES string of the molecule is CN1CC2=C(C=C3CCN([S+](O)c4ccccc4)C[C@@]3(COCCO)C2)N1c1ccc(F)cc1. The van der Waals surface area contributed by atoms with Crippen molar-refractivity contribution in [1.29, 1.82) is 0 Å². The number of hydrogen-bond donors (Lipinski definition) is 2. The second-order valence-corrected chi connectivity index (χ2v) is 10.7. The molecule has 1 unspecified atom stereocenters. The van der Waals surface area contributed by atoms with Gasteiger partial charge in [-0.15, -0.1) is 0 Å². The molecule has 3 aliphatic rings. The maximum absolute atomic E-state index is 13.5. The number of nitrogens with zero attached hydrogens (tertiary/aromatic N) is 3. The number of halogens is 1. The minimum Gasteiger partial charge on any atom is -0.394 e. The lowest BCUT2D eigenvalue weighted by atomic mass is 9.69. The minimum atomic E-state index is -0.992. The van der Waals surface area contributed by atoms with Crippen LogP contribution in [0, 0.1) is 11.2 Å². The summed E-state index contributed by atoms with van der Waals surface area (Å²) in [6, 6.07) is 16.4. The Morgan fingerprint density at radius 3 is 2.62 bits per heavy atom. The molecule has 8 heteroatoms. The summed E-state index contributed by atoms with van der Waals surface area (Å²) >= 11 is -0.992. The van der Waals surface area contributed by atoms with E-state index in [0.29, 0.717) is 19.8 Å². The highest BCUT2D eigenvalue weighted by Gasteiger charge is 2.50. The van der Waals surface area contributed by atoms with Crippen molar-refractivity contribution in [3.05, 3.63) is 83.3 Å². The van der Waals surface area contributed by atoms with Crippen LogP contribution in [0.25, 0.3) is 0 Å². The largest absolute Gasteiger partial charge is 0.394 e. The molecule has 2 aromatic carbocycles. The Morgan fingerprint density at radius 1 is 1.12 bits per heavy atom. The number of benzene rings is 2. The third-order valence-corrected chi connectivity index (χ3v) is 8.38. The number of ether oxygens (including phenoxy) is 1. The molecule has 1 aliphatic carbocycles. The van der Waals surface area contributed by atoms with E-state index in [1.807, 2.05) is 49.5 Å². The summed E-state index contributed by atoms with van der Waals surface area (Å²) < 4.78 is 32.8. The normalized spacial score (nSPS) is 24.1. The number of aliphatic hydroxyl groups is 1. The molecule has 0 amide bonds. The smallest absolute Gasteiger partial charge is 0.278 e. The zero-order valence-electron chi connectivity index (χ0n) is 19.4. The zero-order chi connectivity index (χ0) is 23.7. The van der Waals surface area contributed by atoms with Gasteiger partial charge in [-0.2, -0.15) is 4.55 Å². The number of piperidine rings is 1. The molecule has 2 aliphatic heterocycles. The Kier molecular flexibility index (Phi) is 6.79. The Bertz CT molecular complexity index is 1080. The quantitative estimate of drug-likeness (QED) is 0.460. The zero-order valence-corrected chi connectivity index (χ0v) is 20.2. The summed E-state index contributed by atoms with van der Waals surface area (Å²) in [7, 11) is 2.05. The predicted octanol–water partition coefficient (Wildman–Crippen LogP) is 3.84. The summed E-state index contributed by atoms with van der Waals surface area (Å²) in [5, 5.41) is 13.6. The van der Waals surface area contributed by atoms with E-state index in [9.17, 15) is 14.0 Å². The molecule has 6 nitrogen and oxygen atoms in total. The van der Waals surface area contributed by atoms with Crippen LogP contribution in [0.5, 0.6) is 0 Å². The van der Waals surface area contributed by atoms with Gasteiger partial charge in [0.2, 0.25) is 4.90 Å². The van der Waals surface area contributed by atoms with Crippen LogP contribution >= 0.6 is 0 Å². The third kappa shape index (κ3) is 4.42. The Hall–Kier alpha value is -2.20. The van der Waals surface area contributed by atoms with Crippen molar-refractivity contribution >= 4 is 17.0 Å². The van der Waals surface area contributed by atoms with Crippen LogP contribution in [0.15, 0.2) is 82.4 Å². The van der Waals surface area contributed by atoms with Gasteiger partial charge in [-0.3, -0.25) is 5.01 Å². The van der Waals surface area contributed by atoms with Gasteiger partial charge in [0.25, 0.3) is 11.4 Å². The molecule has 0 aromatic heterocycles. The Morgan fingerprint density at radius 2 is 1.88 bits per heavy atom. The molecule has 1 saturated heterocycles. The fourth-order valence-electron chi connectivity index (χ4n) is 5.35. The summed E-state index contributed by atoms with van der Waals surface area (Å²) in [6.07, 6.45) is 3.94. The molecular formula is C26H31FN3O3S+. The predicted molar refractivity (Wildman–Crippen MR) is 132 cm³/mol. The van der Waals surface area contributed by atoms with Gasteiger partial charge in [-0.25, -0.2) is 9.40 Å². The molecule has 0 radical (unpaired) electrons. The number of rotatable bonds is 7. The average Bonchev–Trinajstić information content (AvgIpc) is 3.17. The molecule has 2 aromatic rings. The van der Waals surface area contributed by atoms with E-state index in [2.05, 4.69) is 20.4 Å². The molecule has 2 heterocycles. The molecule has 180 valence electrons. The van der Waals surface area contributed by atoms with Crippen molar-refractivity contribution in [1.82, 2.24) is 9.31 Å². The van der Waals surface area contributed by atoms with Crippen LogP contribution in [0.4, 0.5) is 10.1 Å². The second-order valence-electron chi connectivity index (χ2n) is 9.19. The van der Waals surface area contributed by atoms with Crippen molar-refractivity contribution in [3.8, 4) is 0 Å². The standard InChI is InChI=1S/C26H31FN3O3S/c1-28-17-20-16-26(19-33-14-13-31)18-29(34(32)24-5-3-2-4-6-24)12-11-21(26)15-25(20)30(28)23-9-7-22(27)8-10-23/h2-10,15,31-32H,11-14,16-19H2,1H3/q+1/t26-,34?/m1/s1. The van der Waals surface area contributed by atoms with E-state index in [-0.39, 0.29) is 17.8 Å². The first kappa shape index (κ1) is 23.5. The average molecular weight is 485 g/mol. The highest BCUT2D eigenvalue weighted by Crippen LogP contribution is 2.49. The fraction of sp³-hybridized carbons (Fsp3) is 0.385. The van der Waals surface area contributed by atoms with Gasteiger partial charge in [-0.05, 0) is 60.9 Å². The van der Waals surface area contributed by atoms with Crippen LogP contribution in [0.1, 0.15) is 12.8 Å². The van der Waals surface area contributed by atoms with E-state index in [0.717, 1.165) is 42.2 Å². The van der Waals surface area contributed by atoms with Crippen molar-refractivity contribution in [2.24, 2.45) is 5.41 Å². The van der Waals surface area contributed by atoms with Gasteiger partial charge in [0, 0.05) is 19.0 Å². The Labute approximate surface area is 203 Å². The monoisotopic (exact) mass is 484 g/mol. The van der Waals surface area contributed by atoms with Gasteiger partial charge in [0.1, 0.15) is 5.82 Å². The van der Waals surface area contributed by atoms with Gasteiger partial charge < -0.3 is 9.84 Å². The van der Waals surface area contributed by atoms with E-state index in [1.165, 1.54) is 23.3 Å². The summed E-state index contributed by atoms with van der Waals surface area (Å²) in [5.41, 5.74) is 4.46. The first-order valence-corrected chi connectivity index (χ1v) is 12.8. The highest BCUT2D eigenvalue weighted by atomic mass is 32.2. The fourth-order valence-corrected chi connectivity index (χ4v) is 6.68. The molecule has 5 rings (SSSR count). The molecule has 0 bridgehead atoms. The van der Waals surface area contributed by atoms with Gasteiger partial charge in [-0.1, -0.05) is 28.1 Å². The number of hydrazine groups is 1. The number of allylic oxidation sites excluding steroid dienone is 1. The Balaban J connectivity index is 1.45. The number of aliphatic hydroxyl groups excluding tert-OH is 1. The van der Waals surface area contributed by atoms with Crippen LogP contribution < -0.4 is 5.01 Å². The van der Waals surface area contributed by atoms with Gasteiger partial charge in [0.15, 0.2) is 0 Å². The minimum absolute atomic E-state index is 0.0116. The van der Waals surface area contributed by atoms with E-state index in [1.54, 1.807) is 0 Å². The molecule has 2 N–H and O–H groups in total. The molecule has 34 heavy (non-hydrogen) atoms. The number of fused-ring (bicyclic) bond motifs is 1. The van der Waals surface area contributed by atoms with Crippen LogP contribution in [0.3, 0.4) is 0 Å². The first-order chi connectivity index (χ1) is 16.5. The van der Waals surface area contributed by atoms with Crippen LogP contribution in [-0.2, 0) is 16.1 Å². The summed E-state index contributed by atoms with van der Waals surface area (Å²) in [6.45, 7) is 3.02. The molecular weight excluding hydrogens is 453 g/mol. The number of likely N-dealkylation sites (N-methyl/N-ethyl adjacent to an activating group) is 1. The number of anilines is 1. The van der Waals surface area contributed by atoms with E-state index < -0.39 is 11.4 Å². The summed E-state index contributed by atoms with van der Waals surface area (Å²) in [4.78, 5) is 0.917. The van der Waals surface area contributed by atoms with Crippen LogP contribution in [-0.4, -0.2) is 65.5 Å². The van der Waals surface area contributed by atoms with Crippen molar-refractivity contribution in [3.63, 3.8) is 0 Å². The lowest BCUT2D eigenvalue weighted by Gasteiger charge is -2.44. The maximum Gasteiger partial charge on any atom is 0.278 e.